The molecule has 2 aromatic heterocycles. The third-order valence-corrected chi connectivity index (χ3v) is 6.87. The first-order valence-electron chi connectivity index (χ1n) is 10.7. The lowest BCUT2D eigenvalue weighted by atomic mass is 10.1. The molecule has 6 rings (SSSR count). The average Bonchev–Trinajstić information content (AvgIpc) is 3.33. The highest BCUT2D eigenvalue weighted by Gasteiger charge is 2.34. The molecule has 0 N–H and O–H groups in total. The number of fused-ring (bicyclic) bond motifs is 2. The fourth-order valence-corrected chi connectivity index (χ4v) is 5.19. The molecule has 0 saturated heterocycles. The van der Waals surface area contributed by atoms with E-state index in [1.165, 1.54) is 11.0 Å². The van der Waals surface area contributed by atoms with Gasteiger partial charge in [-0.15, -0.1) is 0 Å². The summed E-state index contributed by atoms with van der Waals surface area (Å²) in [4.78, 5) is 45.2. The maximum absolute atomic E-state index is 14.3. The minimum Gasteiger partial charge on any atom is -0.303 e. The van der Waals surface area contributed by atoms with Gasteiger partial charge in [0, 0.05) is 16.7 Å². The Morgan fingerprint density at radius 2 is 1.57 bits per heavy atom. The lowest BCUT2D eigenvalue weighted by molar-refractivity contribution is -0.113. The summed E-state index contributed by atoms with van der Waals surface area (Å²) in [6.07, 6.45) is 0. The van der Waals surface area contributed by atoms with Crippen LogP contribution in [0.4, 0.5) is 10.1 Å². The molecule has 170 valence electrons. The summed E-state index contributed by atoms with van der Waals surface area (Å²) in [5, 5.41) is 4.27. The largest absolute Gasteiger partial charge is 0.303 e. The third-order valence-electron chi connectivity index (χ3n) is 5.84. The van der Waals surface area contributed by atoms with Crippen molar-refractivity contribution in [2.75, 3.05) is 4.90 Å². The van der Waals surface area contributed by atoms with Crippen LogP contribution in [0.2, 0.25) is 0 Å². The highest BCUT2D eigenvalue weighted by molar-refractivity contribution is 7.15. The zero-order chi connectivity index (χ0) is 24.1. The Morgan fingerprint density at radius 3 is 2.37 bits per heavy atom. The molecule has 0 atom stereocenters. The number of nitrogens with zero attached hydrogens (tertiary/aromatic N) is 4. The van der Waals surface area contributed by atoms with E-state index in [9.17, 15) is 18.8 Å². The van der Waals surface area contributed by atoms with E-state index in [-0.39, 0.29) is 27.3 Å². The minimum atomic E-state index is -0.562. The lowest BCUT2D eigenvalue weighted by Crippen LogP contribution is -2.33. The van der Waals surface area contributed by atoms with Crippen molar-refractivity contribution in [3.05, 3.63) is 121 Å². The van der Waals surface area contributed by atoms with Gasteiger partial charge in [0.15, 0.2) is 5.69 Å². The molecule has 0 unspecified atom stereocenters. The fraction of sp³-hybridized carbons (Fsp3) is 0.0385. The van der Waals surface area contributed by atoms with E-state index in [1.807, 2.05) is 6.07 Å². The summed E-state index contributed by atoms with van der Waals surface area (Å²) in [6, 6.07) is 22.0. The van der Waals surface area contributed by atoms with Crippen molar-refractivity contribution in [3.8, 4) is 11.3 Å². The van der Waals surface area contributed by atoms with Gasteiger partial charge in [0.1, 0.15) is 10.3 Å². The number of halogens is 1. The third kappa shape index (κ3) is 3.36. The Kier molecular flexibility index (Phi) is 4.85. The molecule has 0 radical (unpaired) electrons. The van der Waals surface area contributed by atoms with Gasteiger partial charge >= 0.3 is 5.56 Å². The molecular weight excluding hydrogens is 467 g/mol. The zero-order valence-electron chi connectivity index (χ0n) is 18.0. The number of hydrogen-bond donors (Lipinski definition) is 0. The monoisotopic (exact) mass is 482 g/mol. The number of carbonyl (C=O) groups excluding carboxylic acids is 1. The van der Waals surface area contributed by atoms with Crippen LogP contribution in [-0.2, 0) is 11.3 Å². The van der Waals surface area contributed by atoms with Crippen LogP contribution in [0.5, 0.6) is 0 Å². The number of aromatic nitrogens is 3. The number of amides is 1. The predicted octanol–water partition coefficient (Wildman–Crippen LogP) is 2.78. The second-order valence-electron chi connectivity index (χ2n) is 7.94. The highest BCUT2D eigenvalue weighted by atomic mass is 32.1. The van der Waals surface area contributed by atoms with E-state index < -0.39 is 22.8 Å². The van der Waals surface area contributed by atoms with Crippen molar-refractivity contribution in [2.45, 2.75) is 6.54 Å². The number of carbonyl (C=O) groups is 1. The topological polar surface area (TPSA) is 84.6 Å². The SMILES string of the molecule is O=C1C(=c2sc3nc(=O)c(-c4ccccc4)nn3c2=O)c2ccccc2N1Cc1ccccc1F. The van der Waals surface area contributed by atoms with E-state index in [1.54, 1.807) is 66.7 Å². The van der Waals surface area contributed by atoms with E-state index in [0.717, 1.165) is 15.9 Å². The van der Waals surface area contributed by atoms with Gasteiger partial charge in [0.05, 0.1) is 17.8 Å². The minimum absolute atomic E-state index is 0.0115. The van der Waals surface area contributed by atoms with Crippen molar-refractivity contribution < 1.29 is 9.18 Å². The molecule has 0 saturated carbocycles. The van der Waals surface area contributed by atoms with Crippen molar-refractivity contribution in [1.29, 1.82) is 0 Å². The van der Waals surface area contributed by atoms with Crippen LogP contribution < -0.4 is 20.6 Å². The molecule has 35 heavy (non-hydrogen) atoms. The molecule has 7 nitrogen and oxygen atoms in total. The molecular formula is C26H15FN4O3S. The second-order valence-corrected chi connectivity index (χ2v) is 8.91. The Balaban J connectivity index is 1.57. The van der Waals surface area contributed by atoms with Gasteiger partial charge in [0.2, 0.25) is 4.96 Å². The Hall–Kier alpha value is -4.50. The molecule has 0 spiro atoms. The number of thiazole rings is 1. The predicted molar refractivity (Wildman–Crippen MR) is 131 cm³/mol. The normalized spacial score (nSPS) is 14.5. The molecule has 1 aliphatic rings. The van der Waals surface area contributed by atoms with Crippen molar-refractivity contribution in [3.63, 3.8) is 0 Å². The van der Waals surface area contributed by atoms with Gasteiger partial charge in [-0.2, -0.15) is 14.6 Å². The number of hydrogen-bond acceptors (Lipinski definition) is 6. The highest BCUT2D eigenvalue weighted by Crippen LogP contribution is 2.36. The molecule has 1 aliphatic heterocycles. The van der Waals surface area contributed by atoms with Gasteiger partial charge in [-0.05, 0) is 12.1 Å². The molecule has 3 heterocycles. The van der Waals surface area contributed by atoms with Crippen LogP contribution in [0.3, 0.4) is 0 Å². The van der Waals surface area contributed by atoms with Gasteiger partial charge in [-0.1, -0.05) is 78.1 Å². The summed E-state index contributed by atoms with van der Waals surface area (Å²) in [7, 11) is 0. The Bertz CT molecular complexity index is 1810. The van der Waals surface area contributed by atoms with Crippen molar-refractivity contribution in [1.82, 2.24) is 14.6 Å². The van der Waals surface area contributed by atoms with E-state index in [2.05, 4.69) is 10.1 Å². The summed E-state index contributed by atoms with van der Waals surface area (Å²) in [5.74, 6) is -0.845. The number of rotatable bonds is 3. The van der Waals surface area contributed by atoms with Gasteiger partial charge in [-0.3, -0.25) is 14.4 Å². The Morgan fingerprint density at radius 1 is 0.857 bits per heavy atom. The number of benzene rings is 3. The summed E-state index contributed by atoms with van der Waals surface area (Å²) in [6.45, 7) is 0.0115. The van der Waals surface area contributed by atoms with Crippen LogP contribution >= 0.6 is 11.3 Å². The smallest absolute Gasteiger partial charge is 0.300 e. The van der Waals surface area contributed by atoms with Crippen molar-refractivity contribution in [2.24, 2.45) is 0 Å². The molecule has 3 aromatic carbocycles. The van der Waals surface area contributed by atoms with Crippen LogP contribution in [0.1, 0.15) is 11.1 Å². The van der Waals surface area contributed by atoms with Crippen LogP contribution in [0.25, 0.3) is 21.8 Å². The van der Waals surface area contributed by atoms with Gasteiger partial charge < -0.3 is 4.90 Å². The molecule has 5 aromatic rings. The average molecular weight is 482 g/mol. The number of para-hydroxylation sites is 1. The summed E-state index contributed by atoms with van der Waals surface area (Å²) in [5.41, 5.74) is 1.17. The van der Waals surface area contributed by atoms with E-state index in [0.29, 0.717) is 22.4 Å². The summed E-state index contributed by atoms with van der Waals surface area (Å²) < 4.78 is 15.5. The van der Waals surface area contributed by atoms with E-state index >= 15 is 0 Å². The first-order chi connectivity index (χ1) is 17.0. The quantitative estimate of drug-likeness (QED) is 0.395. The summed E-state index contributed by atoms with van der Waals surface area (Å²) >= 11 is 0.936. The molecule has 9 heteroatoms. The molecule has 0 fully saturated rings. The van der Waals surface area contributed by atoms with Gasteiger partial charge in [-0.25, -0.2) is 4.39 Å². The standard InChI is InChI=1S/C26H15FN4O3S/c27-18-12-6-4-10-16(18)14-30-19-13-7-5-11-17(19)20(24(30)33)22-25(34)31-26(35-22)28-23(32)21(29-31)15-8-2-1-3-9-15/h1-13H,14H2. The molecule has 0 bridgehead atoms. The van der Waals surface area contributed by atoms with Gasteiger partial charge in [0.25, 0.3) is 11.5 Å². The first kappa shape index (κ1) is 21.1. The molecule has 1 amide bonds. The van der Waals surface area contributed by atoms with E-state index in [4.69, 9.17) is 0 Å². The Labute approximate surface area is 201 Å². The maximum Gasteiger partial charge on any atom is 0.300 e. The van der Waals surface area contributed by atoms with Crippen LogP contribution in [0.15, 0.2) is 88.5 Å². The van der Waals surface area contributed by atoms with Crippen molar-refractivity contribution >= 4 is 33.5 Å². The van der Waals surface area contributed by atoms with Crippen LogP contribution in [-0.4, -0.2) is 20.5 Å². The zero-order valence-corrected chi connectivity index (χ0v) is 18.8. The second kappa shape index (κ2) is 8.07. The molecule has 0 aliphatic carbocycles. The first-order valence-corrected chi connectivity index (χ1v) is 11.5. The fourth-order valence-electron chi connectivity index (χ4n) is 4.19. The number of anilines is 1. The lowest BCUT2D eigenvalue weighted by Gasteiger charge is -2.17. The van der Waals surface area contributed by atoms with Crippen LogP contribution in [0, 0.1) is 5.82 Å². The maximum atomic E-state index is 14.3.